The number of benzene rings is 1. The fourth-order valence-electron chi connectivity index (χ4n) is 5.49. The van der Waals surface area contributed by atoms with Gasteiger partial charge < -0.3 is 4.74 Å². The van der Waals surface area contributed by atoms with E-state index in [0.717, 1.165) is 17.8 Å². The molecule has 30 heavy (non-hydrogen) atoms. The van der Waals surface area contributed by atoms with Gasteiger partial charge in [0.2, 0.25) is 0 Å². The van der Waals surface area contributed by atoms with E-state index < -0.39 is 6.61 Å². The molecule has 1 aromatic carbocycles. The molecule has 3 heteroatoms. The summed E-state index contributed by atoms with van der Waals surface area (Å²) in [5.41, 5.74) is 1.27. The average molecular weight is 419 g/mol. The molecule has 3 rings (SSSR count). The van der Waals surface area contributed by atoms with E-state index >= 15 is 0 Å². The van der Waals surface area contributed by atoms with E-state index in [9.17, 15) is 8.78 Å². The summed E-state index contributed by atoms with van der Waals surface area (Å²) in [6.45, 7) is -0.451. The lowest BCUT2D eigenvalue weighted by molar-refractivity contribution is -0.0498. The Morgan fingerprint density at radius 2 is 1.53 bits per heavy atom. The summed E-state index contributed by atoms with van der Waals surface area (Å²) in [5.74, 6) is 3.49. The van der Waals surface area contributed by atoms with Gasteiger partial charge in [0.05, 0.1) is 0 Å². The lowest BCUT2D eigenvalue weighted by Crippen LogP contribution is -2.14. The van der Waals surface area contributed by atoms with Crippen molar-refractivity contribution in [3.63, 3.8) is 0 Å². The van der Waals surface area contributed by atoms with Gasteiger partial charge in [-0.2, -0.15) is 8.78 Å². The lowest BCUT2D eigenvalue weighted by Gasteiger charge is -2.29. The van der Waals surface area contributed by atoms with Gasteiger partial charge in [-0.3, -0.25) is 0 Å². The van der Waals surface area contributed by atoms with Crippen molar-refractivity contribution >= 4 is 0 Å². The van der Waals surface area contributed by atoms with Gasteiger partial charge >= 0.3 is 6.61 Å². The summed E-state index contributed by atoms with van der Waals surface area (Å²) in [4.78, 5) is 0. The Hall–Kier alpha value is -1.38. The predicted octanol–water partition coefficient (Wildman–Crippen LogP) is 8.89. The molecule has 1 nitrogen and oxygen atoms in total. The van der Waals surface area contributed by atoms with Crippen LogP contribution in [-0.2, 0) is 0 Å². The highest BCUT2D eigenvalue weighted by atomic mass is 19.3. The van der Waals surface area contributed by atoms with Crippen LogP contribution in [0.25, 0.3) is 0 Å². The maximum absolute atomic E-state index is 12.3. The van der Waals surface area contributed by atoms with Gasteiger partial charge in [0.15, 0.2) is 0 Å². The molecule has 0 radical (unpaired) electrons. The van der Waals surface area contributed by atoms with Crippen LogP contribution in [0, 0.1) is 17.8 Å². The molecule has 0 atom stereocenters. The minimum Gasteiger partial charge on any atom is -0.435 e. The highest BCUT2D eigenvalue weighted by Crippen LogP contribution is 2.38. The maximum atomic E-state index is 12.3. The number of hydrogen-bond donors (Lipinski definition) is 0. The van der Waals surface area contributed by atoms with Crippen molar-refractivity contribution in [1.29, 1.82) is 0 Å². The normalized spacial score (nSPS) is 27.6. The molecule has 0 spiro atoms. The van der Waals surface area contributed by atoms with E-state index in [2.05, 4.69) is 23.8 Å². The van der Waals surface area contributed by atoms with Gasteiger partial charge in [-0.1, -0.05) is 50.5 Å². The second-order valence-corrected chi connectivity index (χ2v) is 9.59. The van der Waals surface area contributed by atoms with Crippen LogP contribution in [0.1, 0.15) is 102 Å². The molecule has 0 amide bonds. The average Bonchev–Trinajstić information content (AvgIpc) is 2.77. The summed E-state index contributed by atoms with van der Waals surface area (Å²) in [5, 5.41) is 0. The van der Waals surface area contributed by atoms with Crippen LogP contribution in [0.4, 0.5) is 8.78 Å². The van der Waals surface area contributed by atoms with Gasteiger partial charge in [0.1, 0.15) is 5.75 Å². The SMILES string of the molecule is CCCCC1CCC(/C=C/CCC2CCC(c3ccc(OC(F)F)cc3)CC2)CC1. The largest absolute Gasteiger partial charge is 0.435 e. The van der Waals surface area contributed by atoms with Gasteiger partial charge in [-0.15, -0.1) is 0 Å². The Morgan fingerprint density at radius 1 is 0.900 bits per heavy atom. The molecule has 1 aromatic rings. The van der Waals surface area contributed by atoms with E-state index in [0.29, 0.717) is 5.92 Å². The Morgan fingerprint density at radius 3 is 2.17 bits per heavy atom. The maximum Gasteiger partial charge on any atom is 0.387 e. The molecule has 2 fully saturated rings. The zero-order valence-electron chi connectivity index (χ0n) is 18.7. The zero-order chi connectivity index (χ0) is 21.2. The first-order valence-corrected chi connectivity index (χ1v) is 12.4. The summed E-state index contributed by atoms with van der Waals surface area (Å²) in [7, 11) is 0. The minimum absolute atomic E-state index is 0.253. The third-order valence-electron chi connectivity index (χ3n) is 7.43. The topological polar surface area (TPSA) is 9.23 Å². The molecule has 0 unspecified atom stereocenters. The number of unbranched alkanes of at least 4 members (excludes halogenated alkanes) is 1. The van der Waals surface area contributed by atoms with Gasteiger partial charge in [-0.25, -0.2) is 0 Å². The first-order chi connectivity index (χ1) is 14.6. The quantitative estimate of drug-likeness (QED) is 0.345. The van der Waals surface area contributed by atoms with Crippen molar-refractivity contribution in [2.75, 3.05) is 0 Å². The van der Waals surface area contributed by atoms with Crippen molar-refractivity contribution in [2.24, 2.45) is 17.8 Å². The molecule has 0 aliphatic heterocycles. The zero-order valence-corrected chi connectivity index (χ0v) is 18.7. The molecular weight excluding hydrogens is 378 g/mol. The van der Waals surface area contributed by atoms with Crippen LogP contribution in [-0.4, -0.2) is 6.61 Å². The van der Waals surface area contributed by atoms with Gasteiger partial charge in [-0.05, 0) is 106 Å². The third-order valence-corrected chi connectivity index (χ3v) is 7.43. The number of ether oxygens (including phenoxy) is 1. The highest BCUT2D eigenvalue weighted by Gasteiger charge is 2.22. The second kappa shape index (κ2) is 12.5. The molecule has 0 heterocycles. The van der Waals surface area contributed by atoms with Gasteiger partial charge in [0, 0.05) is 0 Å². The Labute approximate surface area is 182 Å². The molecule has 168 valence electrons. The lowest BCUT2D eigenvalue weighted by atomic mass is 9.77. The Balaban J connectivity index is 1.30. The van der Waals surface area contributed by atoms with Crippen LogP contribution in [0.15, 0.2) is 36.4 Å². The van der Waals surface area contributed by atoms with E-state index in [1.807, 2.05) is 12.1 Å². The fourth-order valence-corrected chi connectivity index (χ4v) is 5.49. The first-order valence-electron chi connectivity index (χ1n) is 12.4. The number of allylic oxidation sites excluding steroid dienone is 2. The van der Waals surface area contributed by atoms with Crippen LogP contribution in [0.2, 0.25) is 0 Å². The van der Waals surface area contributed by atoms with Crippen molar-refractivity contribution in [3.05, 3.63) is 42.0 Å². The molecule has 0 N–H and O–H groups in total. The molecule has 0 saturated heterocycles. The molecule has 0 bridgehead atoms. The van der Waals surface area contributed by atoms with E-state index in [1.54, 1.807) is 12.1 Å². The Kier molecular flexibility index (Phi) is 9.68. The monoisotopic (exact) mass is 418 g/mol. The fraction of sp³-hybridized carbons (Fsp3) is 0.704. The molecular formula is C27H40F2O. The molecule has 2 aliphatic rings. The summed E-state index contributed by atoms with van der Waals surface area (Å²) < 4.78 is 29.0. The predicted molar refractivity (Wildman–Crippen MR) is 121 cm³/mol. The van der Waals surface area contributed by atoms with E-state index in [-0.39, 0.29) is 5.75 Å². The summed E-state index contributed by atoms with van der Waals surface area (Å²) in [6.07, 6.45) is 22.4. The van der Waals surface area contributed by atoms with Crippen LogP contribution >= 0.6 is 0 Å². The van der Waals surface area contributed by atoms with Crippen molar-refractivity contribution in [1.82, 2.24) is 0 Å². The van der Waals surface area contributed by atoms with Crippen LogP contribution in [0.3, 0.4) is 0 Å². The van der Waals surface area contributed by atoms with Gasteiger partial charge in [0.25, 0.3) is 0 Å². The minimum atomic E-state index is -2.75. The van der Waals surface area contributed by atoms with Crippen molar-refractivity contribution in [2.45, 2.75) is 103 Å². The summed E-state index contributed by atoms with van der Waals surface area (Å²) in [6, 6.07) is 7.27. The summed E-state index contributed by atoms with van der Waals surface area (Å²) >= 11 is 0. The second-order valence-electron chi connectivity index (χ2n) is 9.59. The number of alkyl halides is 2. The highest BCUT2D eigenvalue weighted by molar-refractivity contribution is 5.29. The Bertz CT molecular complexity index is 608. The third kappa shape index (κ3) is 7.71. The molecule has 2 saturated carbocycles. The van der Waals surface area contributed by atoms with Crippen LogP contribution < -0.4 is 4.74 Å². The molecule has 0 aromatic heterocycles. The molecule has 2 aliphatic carbocycles. The van der Waals surface area contributed by atoms with Crippen molar-refractivity contribution in [3.8, 4) is 5.75 Å². The van der Waals surface area contributed by atoms with Crippen molar-refractivity contribution < 1.29 is 13.5 Å². The van der Waals surface area contributed by atoms with E-state index in [4.69, 9.17) is 0 Å². The standard InChI is InChI=1S/C27H40F2O/c1-2-3-6-21-9-11-22(12-10-21)7-4-5-8-23-13-15-24(16-14-23)25-17-19-26(20-18-25)30-27(28)29/h4,7,17-24,27H,2-3,5-6,8-16H2,1H3/b7-4+. The smallest absolute Gasteiger partial charge is 0.387 e. The first kappa shape index (κ1) is 23.3. The van der Waals surface area contributed by atoms with E-state index in [1.165, 1.54) is 89.0 Å². The van der Waals surface area contributed by atoms with Crippen LogP contribution in [0.5, 0.6) is 5.75 Å². The number of hydrogen-bond acceptors (Lipinski definition) is 1. The number of rotatable bonds is 10. The number of halogens is 2.